The van der Waals surface area contributed by atoms with Crippen molar-refractivity contribution in [2.45, 2.75) is 38.5 Å². The van der Waals surface area contributed by atoms with Gasteiger partial charge in [0.05, 0.1) is 11.0 Å². The molecular weight excluding hydrogens is 497 g/mol. The van der Waals surface area contributed by atoms with Gasteiger partial charge in [-0.25, -0.2) is 23.5 Å². The minimum Gasteiger partial charge on any atom is -0.475 e. The number of nitrogens with one attached hydrogen (secondary N) is 1. The number of aryl methyl sites for hydroxylation is 1. The summed E-state index contributed by atoms with van der Waals surface area (Å²) < 4.78 is 60.3. The highest BCUT2D eigenvalue weighted by atomic mass is 19.4. The van der Waals surface area contributed by atoms with Crippen LogP contribution in [-0.4, -0.2) is 64.3 Å². The van der Waals surface area contributed by atoms with E-state index in [1.807, 2.05) is 24.3 Å². The zero-order valence-corrected chi connectivity index (χ0v) is 20.0. The number of hydrogen-bond donors (Lipinski definition) is 2. The van der Waals surface area contributed by atoms with Gasteiger partial charge in [-0.3, -0.25) is 4.90 Å². The normalized spacial score (nSPS) is 16.3. The van der Waals surface area contributed by atoms with E-state index in [9.17, 15) is 22.0 Å². The molecule has 37 heavy (non-hydrogen) atoms. The minimum absolute atomic E-state index is 0.157. The lowest BCUT2D eigenvalue weighted by Gasteiger charge is -2.36. The van der Waals surface area contributed by atoms with E-state index in [-0.39, 0.29) is 12.1 Å². The molecular formula is C25H26F5N5O2. The first-order chi connectivity index (χ1) is 17.5. The molecule has 0 amide bonds. The Morgan fingerprint density at radius 2 is 1.62 bits per heavy atom. The number of para-hydroxylation sites is 2. The Labute approximate surface area is 209 Å². The molecule has 2 N–H and O–H groups in total. The van der Waals surface area contributed by atoms with Crippen LogP contribution >= 0.6 is 0 Å². The SMILES string of the molecule is Cc1ccc(F)c(CN2CCN(c3nc4ccccc4nc3NC3CC3)CC2)c1F.O=C(O)C(F)(F)F. The number of alkyl halides is 3. The monoisotopic (exact) mass is 523 g/mol. The van der Waals surface area contributed by atoms with Gasteiger partial charge in [-0.15, -0.1) is 0 Å². The van der Waals surface area contributed by atoms with Crippen molar-refractivity contribution in [1.82, 2.24) is 14.9 Å². The standard InChI is InChI=1S/C23H25F2N5.C2HF3O2/c1-15-6-9-18(24)17(21(15)25)14-29-10-12-30(13-11-29)23-22(26-16-7-8-16)27-19-4-2-3-5-20(19)28-23;3-2(4,5)1(6)7/h2-6,9,16H,7-8,10-14H2,1H3,(H,26,27);(H,6,7). The molecule has 7 nitrogen and oxygen atoms in total. The molecule has 2 aliphatic rings. The first-order valence-electron chi connectivity index (χ1n) is 11.8. The van der Waals surface area contributed by atoms with Crippen molar-refractivity contribution in [3.05, 3.63) is 59.2 Å². The predicted octanol–water partition coefficient (Wildman–Crippen LogP) is 4.75. The molecule has 2 fully saturated rings. The highest BCUT2D eigenvalue weighted by Crippen LogP contribution is 2.31. The van der Waals surface area contributed by atoms with Crippen LogP contribution in [0.25, 0.3) is 11.0 Å². The van der Waals surface area contributed by atoms with Crippen molar-refractivity contribution < 1.29 is 31.9 Å². The Morgan fingerprint density at radius 1 is 1.03 bits per heavy atom. The lowest BCUT2D eigenvalue weighted by molar-refractivity contribution is -0.192. The summed E-state index contributed by atoms with van der Waals surface area (Å²) in [7, 11) is 0. The number of nitrogens with zero attached hydrogens (tertiary/aromatic N) is 4. The topological polar surface area (TPSA) is 81.6 Å². The number of piperazine rings is 1. The average molecular weight is 524 g/mol. The number of fused-ring (bicyclic) bond motifs is 1. The Balaban J connectivity index is 0.000000405. The molecule has 0 radical (unpaired) electrons. The lowest BCUT2D eigenvalue weighted by Crippen LogP contribution is -2.46. The quantitative estimate of drug-likeness (QED) is 0.468. The number of aliphatic carboxylic acids is 1. The fourth-order valence-electron chi connectivity index (χ4n) is 3.93. The van der Waals surface area contributed by atoms with E-state index in [1.54, 1.807) is 6.92 Å². The van der Waals surface area contributed by atoms with E-state index in [0.29, 0.717) is 24.7 Å². The molecule has 1 saturated heterocycles. The molecule has 0 bridgehead atoms. The number of carboxylic acid groups (broad SMARTS) is 1. The maximum absolute atomic E-state index is 14.4. The van der Waals surface area contributed by atoms with E-state index < -0.39 is 23.8 Å². The van der Waals surface area contributed by atoms with Crippen LogP contribution in [0, 0.1) is 18.6 Å². The molecule has 3 aromatic rings. The summed E-state index contributed by atoms with van der Waals surface area (Å²) in [6, 6.07) is 11.2. The van der Waals surface area contributed by atoms with E-state index in [0.717, 1.165) is 48.6 Å². The highest BCUT2D eigenvalue weighted by molar-refractivity contribution is 5.80. The van der Waals surface area contributed by atoms with Crippen molar-refractivity contribution in [2.75, 3.05) is 36.4 Å². The summed E-state index contributed by atoms with van der Waals surface area (Å²) in [5.74, 6) is -1.97. The molecule has 1 aromatic heterocycles. The van der Waals surface area contributed by atoms with Gasteiger partial charge in [0.15, 0.2) is 11.6 Å². The fraction of sp³-hybridized carbons (Fsp3) is 0.400. The third-order valence-corrected chi connectivity index (χ3v) is 6.15. The van der Waals surface area contributed by atoms with Gasteiger partial charge in [0, 0.05) is 44.3 Å². The van der Waals surface area contributed by atoms with E-state index in [4.69, 9.17) is 19.9 Å². The highest BCUT2D eigenvalue weighted by Gasteiger charge is 2.38. The number of anilines is 2. The summed E-state index contributed by atoms with van der Waals surface area (Å²) in [6.45, 7) is 4.85. The zero-order chi connectivity index (χ0) is 26.7. The Bertz CT molecular complexity index is 1270. The Morgan fingerprint density at radius 3 is 2.19 bits per heavy atom. The number of hydrogen-bond acceptors (Lipinski definition) is 6. The number of halogens is 5. The fourth-order valence-corrected chi connectivity index (χ4v) is 3.93. The zero-order valence-electron chi connectivity index (χ0n) is 20.0. The van der Waals surface area contributed by atoms with Gasteiger partial charge >= 0.3 is 12.1 Å². The summed E-state index contributed by atoms with van der Waals surface area (Å²) in [5.41, 5.74) is 2.39. The van der Waals surface area contributed by atoms with Crippen molar-refractivity contribution in [2.24, 2.45) is 0 Å². The minimum atomic E-state index is -5.08. The molecule has 12 heteroatoms. The molecule has 198 valence electrons. The van der Waals surface area contributed by atoms with Crippen molar-refractivity contribution in [1.29, 1.82) is 0 Å². The number of aromatic nitrogens is 2. The molecule has 1 aliphatic heterocycles. The van der Waals surface area contributed by atoms with Crippen LogP contribution in [0.15, 0.2) is 36.4 Å². The van der Waals surface area contributed by atoms with Crippen molar-refractivity contribution >= 4 is 28.6 Å². The molecule has 2 aromatic carbocycles. The molecule has 0 spiro atoms. The van der Waals surface area contributed by atoms with Crippen LogP contribution in [0.4, 0.5) is 33.6 Å². The Hall–Kier alpha value is -3.54. The van der Waals surface area contributed by atoms with Crippen molar-refractivity contribution in [3.63, 3.8) is 0 Å². The number of benzene rings is 2. The van der Waals surface area contributed by atoms with Crippen LogP contribution in [0.3, 0.4) is 0 Å². The van der Waals surface area contributed by atoms with Gasteiger partial charge in [0.25, 0.3) is 0 Å². The van der Waals surface area contributed by atoms with E-state index in [1.165, 1.54) is 12.1 Å². The molecule has 1 aliphatic carbocycles. The molecule has 1 saturated carbocycles. The van der Waals surface area contributed by atoms with Gasteiger partial charge in [-0.1, -0.05) is 18.2 Å². The molecule has 0 atom stereocenters. The Kier molecular flexibility index (Phi) is 7.76. The average Bonchev–Trinajstić information content (AvgIpc) is 3.68. The second-order valence-electron chi connectivity index (χ2n) is 9.03. The predicted molar refractivity (Wildman–Crippen MR) is 128 cm³/mol. The smallest absolute Gasteiger partial charge is 0.475 e. The van der Waals surface area contributed by atoms with E-state index >= 15 is 0 Å². The first kappa shape index (κ1) is 26.5. The summed E-state index contributed by atoms with van der Waals surface area (Å²) in [6.07, 6.45) is -2.76. The van der Waals surface area contributed by atoms with Gasteiger partial charge in [0.2, 0.25) is 0 Å². The molecule has 2 heterocycles. The second-order valence-corrected chi connectivity index (χ2v) is 9.03. The van der Waals surface area contributed by atoms with Gasteiger partial charge in [0.1, 0.15) is 11.6 Å². The number of rotatable bonds is 5. The summed E-state index contributed by atoms with van der Waals surface area (Å²) in [5, 5.41) is 10.6. The van der Waals surface area contributed by atoms with Crippen LogP contribution < -0.4 is 10.2 Å². The van der Waals surface area contributed by atoms with Gasteiger partial charge in [-0.2, -0.15) is 13.2 Å². The number of carboxylic acids is 1. The van der Waals surface area contributed by atoms with Gasteiger partial charge < -0.3 is 15.3 Å². The third kappa shape index (κ3) is 6.62. The van der Waals surface area contributed by atoms with Crippen molar-refractivity contribution in [3.8, 4) is 0 Å². The summed E-state index contributed by atoms with van der Waals surface area (Å²) in [4.78, 5) is 22.9. The lowest BCUT2D eigenvalue weighted by atomic mass is 10.1. The van der Waals surface area contributed by atoms with Crippen LogP contribution in [-0.2, 0) is 11.3 Å². The van der Waals surface area contributed by atoms with Crippen LogP contribution in [0.5, 0.6) is 0 Å². The van der Waals surface area contributed by atoms with E-state index in [2.05, 4.69) is 15.1 Å². The molecule has 5 rings (SSSR count). The second kappa shape index (κ2) is 10.8. The maximum atomic E-state index is 14.4. The number of carbonyl (C=O) groups is 1. The third-order valence-electron chi connectivity index (χ3n) is 6.15. The molecule has 0 unspecified atom stereocenters. The largest absolute Gasteiger partial charge is 0.490 e. The van der Waals surface area contributed by atoms with Crippen LogP contribution in [0.1, 0.15) is 24.0 Å². The summed E-state index contributed by atoms with van der Waals surface area (Å²) >= 11 is 0. The van der Waals surface area contributed by atoms with Gasteiger partial charge in [-0.05, 0) is 43.5 Å². The van der Waals surface area contributed by atoms with Crippen LogP contribution in [0.2, 0.25) is 0 Å². The first-order valence-corrected chi connectivity index (χ1v) is 11.8. The maximum Gasteiger partial charge on any atom is 0.490 e.